The Balaban J connectivity index is 3.02. The molecule has 0 N–H and O–H groups in total. The number of ether oxygens (including phenoxy) is 1. The lowest BCUT2D eigenvalue weighted by Crippen LogP contribution is -2.02. The minimum atomic E-state index is -0.560. The standard InChI is InChI=1S/C9H13BrO2/c1-2-9(11)12-8-6-4-3-5-7-10/h1H,3-8H2. The fourth-order valence-electron chi connectivity index (χ4n) is 0.757. The van der Waals surface area contributed by atoms with Gasteiger partial charge in [-0.2, -0.15) is 0 Å². The van der Waals surface area contributed by atoms with E-state index in [9.17, 15) is 4.79 Å². The van der Waals surface area contributed by atoms with E-state index in [1.165, 1.54) is 12.8 Å². The zero-order valence-corrected chi connectivity index (χ0v) is 8.60. The van der Waals surface area contributed by atoms with Crippen LogP contribution in [0.15, 0.2) is 0 Å². The highest BCUT2D eigenvalue weighted by Crippen LogP contribution is 2.01. The van der Waals surface area contributed by atoms with Crippen LogP contribution >= 0.6 is 15.9 Å². The molecule has 0 saturated heterocycles. The molecule has 2 nitrogen and oxygen atoms in total. The third-order valence-corrected chi connectivity index (χ3v) is 1.94. The van der Waals surface area contributed by atoms with Crippen molar-refractivity contribution >= 4 is 21.9 Å². The number of halogens is 1. The molecule has 0 aromatic heterocycles. The number of rotatable bonds is 6. The number of unbranched alkanes of at least 4 members (excludes halogenated alkanes) is 3. The van der Waals surface area contributed by atoms with Crippen LogP contribution in [0.25, 0.3) is 0 Å². The van der Waals surface area contributed by atoms with E-state index >= 15 is 0 Å². The maximum atomic E-state index is 10.4. The summed E-state index contributed by atoms with van der Waals surface area (Å²) in [5, 5.41) is 1.04. The van der Waals surface area contributed by atoms with Gasteiger partial charge in [0.15, 0.2) is 0 Å². The van der Waals surface area contributed by atoms with Crippen molar-refractivity contribution in [3.63, 3.8) is 0 Å². The molecular formula is C9H13BrO2. The van der Waals surface area contributed by atoms with Crippen molar-refractivity contribution < 1.29 is 9.53 Å². The Morgan fingerprint density at radius 1 is 1.33 bits per heavy atom. The Labute approximate surface area is 81.8 Å². The average molecular weight is 233 g/mol. The molecule has 0 aromatic rings. The maximum Gasteiger partial charge on any atom is 0.384 e. The Bertz CT molecular complexity index is 160. The first-order valence-corrected chi connectivity index (χ1v) is 5.12. The van der Waals surface area contributed by atoms with Crippen LogP contribution in [0.2, 0.25) is 0 Å². The van der Waals surface area contributed by atoms with Gasteiger partial charge in [0, 0.05) is 11.3 Å². The van der Waals surface area contributed by atoms with Gasteiger partial charge in [0.2, 0.25) is 0 Å². The zero-order chi connectivity index (χ0) is 9.23. The van der Waals surface area contributed by atoms with Gasteiger partial charge >= 0.3 is 5.97 Å². The predicted molar refractivity (Wildman–Crippen MR) is 52.1 cm³/mol. The molecule has 0 unspecified atom stereocenters. The molecule has 0 aliphatic carbocycles. The number of alkyl halides is 1. The van der Waals surface area contributed by atoms with Gasteiger partial charge in [-0.25, -0.2) is 4.79 Å². The van der Waals surface area contributed by atoms with E-state index in [2.05, 4.69) is 20.7 Å². The van der Waals surface area contributed by atoms with Gasteiger partial charge < -0.3 is 4.74 Å². The summed E-state index contributed by atoms with van der Waals surface area (Å²) in [6.07, 6.45) is 9.13. The number of hydrogen-bond donors (Lipinski definition) is 0. The monoisotopic (exact) mass is 232 g/mol. The summed E-state index contributed by atoms with van der Waals surface area (Å²) >= 11 is 3.34. The number of carbonyl (C=O) groups excluding carboxylic acids is 1. The quantitative estimate of drug-likeness (QED) is 0.231. The molecule has 0 rings (SSSR count). The van der Waals surface area contributed by atoms with E-state index in [-0.39, 0.29) is 0 Å². The smallest absolute Gasteiger partial charge is 0.384 e. The molecule has 0 spiro atoms. The normalized spacial score (nSPS) is 9.00. The van der Waals surface area contributed by atoms with E-state index in [1.807, 2.05) is 5.92 Å². The van der Waals surface area contributed by atoms with Gasteiger partial charge in [-0.05, 0) is 12.8 Å². The lowest BCUT2D eigenvalue weighted by Gasteiger charge is -1.99. The molecule has 3 heteroatoms. The zero-order valence-electron chi connectivity index (χ0n) is 7.01. The molecule has 0 aromatic carbocycles. The van der Waals surface area contributed by atoms with Crippen LogP contribution in [0.4, 0.5) is 0 Å². The summed E-state index contributed by atoms with van der Waals surface area (Å²) in [5.74, 6) is 1.34. The largest absolute Gasteiger partial charge is 0.456 e. The van der Waals surface area contributed by atoms with Gasteiger partial charge in [-0.1, -0.05) is 28.8 Å². The van der Waals surface area contributed by atoms with Crippen molar-refractivity contribution in [1.82, 2.24) is 0 Å². The van der Waals surface area contributed by atoms with Crippen molar-refractivity contribution in [2.75, 3.05) is 11.9 Å². The van der Waals surface area contributed by atoms with Gasteiger partial charge in [0.1, 0.15) is 0 Å². The van der Waals surface area contributed by atoms with Crippen molar-refractivity contribution in [2.24, 2.45) is 0 Å². The molecule has 0 fully saturated rings. The molecule has 0 amide bonds. The summed E-state index contributed by atoms with van der Waals surface area (Å²) in [6, 6.07) is 0. The molecule has 0 atom stereocenters. The molecule has 0 radical (unpaired) electrons. The van der Waals surface area contributed by atoms with Crippen LogP contribution in [0.5, 0.6) is 0 Å². The van der Waals surface area contributed by atoms with Crippen molar-refractivity contribution in [1.29, 1.82) is 0 Å². The number of hydrogen-bond acceptors (Lipinski definition) is 2. The summed E-state index contributed by atoms with van der Waals surface area (Å²) in [4.78, 5) is 10.4. The molecule has 12 heavy (non-hydrogen) atoms. The van der Waals surface area contributed by atoms with Crippen LogP contribution in [0.3, 0.4) is 0 Å². The first-order valence-electron chi connectivity index (χ1n) is 4.00. The number of esters is 1. The third-order valence-electron chi connectivity index (χ3n) is 1.38. The van der Waals surface area contributed by atoms with Crippen LogP contribution in [0, 0.1) is 12.3 Å². The summed E-state index contributed by atoms with van der Waals surface area (Å²) < 4.78 is 4.68. The van der Waals surface area contributed by atoms with E-state index in [1.54, 1.807) is 0 Å². The van der Waals surface area contributed by atoms with Crippen LogP contribution in [-0.2, 0) is 9.53 Å². The first-order chi connectivity index (χ1) is 5.81. The third kappa shape index (κ3) is 7.62. The highest BCUT2D eigenvalue weighted by atomic mass is 79.9. The van der Waals surface area contributed by atoms with Gasteiger partial charge in [0.05, 0.1) is 6.61 Å². The second kappa shape index (κ2) is 8.61. The Morgan fingerprint density at radius 3 is 2.58 bits per heavy atom. The SMILES string of the molecule is C#CC(=O)OCCCCCCBr. The van der Waals surface area contributed by atoms with E-state index < -0.39 is 5.97 Å². The number of terminal acetylenes is 1. The lowest BCUT2D eigenvalue weighted by atomic mass is 10.2. The van der Waals surface area contributed by atoms with Crippen LogP contribution in [0.1, 0.15) is 25.7 Å². The fraction of sp³-hybridized carbons (Fsp3) is 0.667. The highest BCUT2D eigenvalue weighted by molar-refractivity contribution is 9.09. The molecule has 0 saturated carbocycles. The maximum absolute atomic E-state index is 10.4. The fourth-order valence-corrected chi connectivity index (χ4v) is 1.15. The highest BCUT2D eigenvalue weighted by Gasteiger charge is 1.94. The number of carbonyl (C=O) groups is 1. The molecule has 0 aliphatic rings. The second-order valence-corrected chi connectivity index (χ2v) is 3.18. The van der Waals surface area contributed by atoms with Gasteiger partial charge in [0.25, 0.3) is 0 Å². The summed E-state index contributed by atoms with van der Waals surface area (Å²) in [5.41, 5.74) is 0. The van der Waals surface area contributed by atoms with E-state index in [0.29, 0.717) is 6.61 Å². The minimum absolute atomic E-state index is 0.450. The van der Waals surface area contributed by atoms with Crippen molar-refractivity contribution in [2.45, 2.75) is 25.7 Å². The molecule has 0 aliphatic heterocycles. The van der Waals surface area contributed by atoms with Gasteiger partial charge in [-0.3, -0.25) is 0 Å². The summed E-state index contributed by atoms with van der Waals surface area (Å²) in [6.45, 7) is 0.450. The van der Waals surface area contributed by atoms with E-state index in [4.69, 9.17) is 6.42 Å². The van der Waals surface area contributed by atoms with Crippen LogP contribution < -0.4 is 0 Å². The topological polar surface area (TPSA) is 26.3 Å². The Hall–Kier alpha value is -0.490. The lowest BCUT2D eigenvalue weighted by molar-refractivity contribution is -0.136. The van der Waals surface area contributed by atoms with Crippen LogP contribution in [-0.4, -0.2) is 17.9 Å². The molecule has 0 bridgehead atoms. The molecule has 0 heterocycles. The first kappa shape index (κ1) is 11.5. The van der Waals surface area contributed by atoms with E-state index in [0.717, 1.165) is 18.2 Å². The molecule has 68 valence electrons. The summed E-state index contributed by atoms with van der Waals surface area (Å²) in [7, 11) is 0. The predicted octanol–water partition coefficient (Wildman–Crippen LogP) is 2.12. The van der Waals surface area contributed by atoms with Gasteiger partial charge in [-0.15, -0.1) is 6.42 Å². The Kier molecular flexibility index (Phi) is 8.25. The minimum Gasteiger partial charge on any atom is -0.456 e. The Morgan fingerprint density at radius 2 is 2.00 bits per heavy atom. The average Bonchev–Trinajstić information content (AvgIpc) is 2.10. The van der Waals surface area contributed by atoms with Crippen molar-refractivity contribution in [3.8, 4) is 12.3 Å². The molecular weight excluding hydrogens is 220 g/mol. The second-order valence-electron chi connectivity index (χ2n) is 2.38. The van der Waals surface area contributed by atoms with Crippen molar-refractivity contribution in [3.05, 3.63) is 0 Å².